The van der Waals surface area contributed by atoms with Crippen molar-refractivity contribution >= 4 is 34.9 Å². The average Bonchev–Trinajstić information content (AvgIpc) is 3.35. The first-order valence-electron chi connectivity index (χ1n) is 9.84. The number of hydrogen-bond acceptors (Lipinski definition) is 5. The Balaban J connectivity index is 1.61. The second-order valence-electron chi connectivity index (χ2n) is 7.21. The van der Waals surface area contributed by atoms with Gasteiger partial charge in [0.15, 0.2) is 0 Å². The van der Waals surface area contributed by atoms with E-state index in [0.717, 1.165) is 17.7 Å². The molecule has 9 nitrogen and oxygen atoms in total. The molecule has 0 aliphatic rings. The van der Waals surface area contributed by atoms with Crippen LogP contribution in [0, 0.1) is 0 Å². The molecule has 13 heteroatoms. The highest BCUT2D eigenvalue weighted by molar-refractivity contribution is 6.31. The zero-order valence-corrected chi connectivity index (χ0v) is 18.3. The van der Waals surface area contributed by atoms with E-state index < -0.39 is 28.7 Å². The van der Waals surface area contributed by atoms with E-state index in [0.29, 0.717) is 16.7 Å². The van der Waals surface area contributed by atoms with Gasteiger partial charge in [-0.2, -0.15) is 18.4 Å². The number of hydrogen-bond donors (Lipinski definition) is 4. The molecular weight excluding hydrogens is 487 g/mol. The second kappa shape index (κ2) is 9.43. The predicted molar refractivity (Wildman–Crippen MR) is 123 cm³/mol. The minimum atomic E-state index is -4.68. The lowest BCUT2D eigenvalue weighted by molar-refractivity contribution is -0.137. The maximum atomic E-state index is 13.1. The molecule has 35 heavy (non-hydrogen) atoms. The van der Waals surface area contributed by atoms with Crippen LogP contribution in [0.25, 0.3) is 22.5 Å². The molecule has 3 amide bonds. The number of alkyl halides is 3. The van der Waals surface area contributed by atoms with Gasteiger partial charge in [0.1, 0.15) is 0 Å². The number of aromatic nitrogens is 4. The summed E-state index contributed by atoms with van der Waals surface area (Å²) in [6.45, 7) is 0. The Bertz CT molecular complexity index is 1390. The topological polar surface area (TPSA) is 139 Å². The van der Waals surface area contributed by atoms with Crippen molar-refractivity contribution in [1.82, 2.24) is 20.6 Å². The first-order valence-corrected chi connectivity index (χ1v) is 10.2. The Morgan fingerprint density at radius 3 is 2.29 bits per heavy atom. The van der Waals surface area contributed by atoms with Crippen LogP contribution in [0.4, 0.5) is 29.3 Å². The summed E-state index contributed by atoms with van der Waals surface area (Å²) in [6, 6.07) is 13.7. The number of urea groups is 1. The Hall–Kier alpha value is -4.45. The summed E-state index contributed by atoms with van der Waals surface area (Å²) < 4.78 is 39.3. The van der Waals surface area contributed by atoms with Crippen molar-refractivity contribution in [1.29, 1.82) is 0 Å². The van der Waals surface area contributed by atoms with E-state index in [-0.39, 0.29) is 17.2 Å². The first-order chi connectivity index (χ1) is 16.6. The number of carbonyl (C=O) groups is 2. The molecule has 0 atom stereocenters. The van der Waals surface area contributed by atoms with E-state index in [1.54, 1.807) is 42.5 Å². The third-order valence-electron chi connectivity index (χ3n) is 4.89. The minimum Gasteiger partial charge on any atom is -0.366 e. The highest BCUT2D eigenvalue weighted by Gasteiger charge is 2.33. The lowest BCUT2D eigenvalue weighted by atomic mass is 10.00. The van der Waals surface area contributed by atoms with Crippen LogP contribution in [0.3, 0.4) is 0 Å². The predicted octanol–water partition coefficient (Wildman–Crippen LogP) is 4.95. The molecule has 0 aliphatic heterocycles. The number of carbonyl (C=O) groups excluding carboxylic acids is 2. The highest BCUT2D eigenvalue weighted by atomic mass is 35.5. The third kappa shape index (κ3) is 5.38. The molecule has 1 heterocycles. The summed E-state index contributed by atoms with van der Waals surface area (Å²) in [5, 5.41) is 18.2. The van der Waals surface area contributed by atoms with E-state index in [1.807, 2.05) is 0 Å². The van der Waals surface area contributed by atoms with Gasteiger partial charge < -0.3 is 16.4 Å². The molecular formula is C22H15ClF3N7O2. The Morgan fingerprint density at radius 2 is 1.66 bits per heavy atom. The number of benzene rings is 3. The molecule has 4 aromatic rings. The molecule has 3 aromatic carbocycles. The van der Waals surface area contributed by atoms with Gasteiger partial charge in [0.05, 0.1) is 16.3 Å². The molecule has 0 saturated heterocycles. The van der Waals surface area contributed by atoms with Crippen LogP contribution < -0.4 is 16.4 Å². The standard InChI is InChI=1S/C22H15ClF3N7O2/c23-17-7-6-14(10-16(17)22(24,25)26)28-21(35)29-18-8-5-13(9-15(18)20-30-32-33-31-20)11-1-3-12(4-2-11)19(27)34/h1-10H,(H2,27,34)(H2,28,29,35)(H,30,31,32,33). The summed E-state index contributed by atoms with van der Waals surface area (Å²) in [5.74, 6) is -0.389. The van der Waals surface area contributed by atoms with Crippen molar-refractivity contribution in [2.75, 3.05) is 10.6 Å². The number of nitrogens with zero attached hydrogens (tertiary/aromatic N) is 3. The lowest BCUT2D eigenvalue weighted by Crippen LogP contribution is -2.20. The zero-order chi connectivity index (χ0) is 25.2. The van der Waals surface area contributed by atoms with Gasteiger partial charge in [0.2, 0.25) is 11.7 Å². The Labute approximate surface area is 200 Å². The fourth-order valence-electron chi connectivity index (χ4n) is 3.23. The summed E-state index contributed by atoms with van der Waals surface area (Å²) in [4.78, 5) is 23.9. The Morgan fingerprint density at radius 1 is 0.943 bits per heavy atom. The fraction of sp³-hybridized carbons (Fsp3) is 0.0455. The molecule has 5 N–H and O–H groups in total. The summed E-state index contributed by atoms with van der Waals surface area (Å²) >= 11 is 5.62. The van der Waals surface area contributed by atoms with Crippen LogP contribution in [0.2, 0.25) is 5.02 Å². The fourth-order valence-corrected chi connectivity index (χ4v) is 3.45. The van der Waals surface area contributed by atoms with E-state index >= 15 is 0 Å². The molecule has 178 valence electrons. The average molecular weight is 502 g/mol. The third-order valence-corrected chi connectivity index (χ3v) is 5.22. The van der Waals surface area contributed by atoms with Crippen molar-refractivity contribution in [3.8, 4) is 22.5 Å². The van der Waals surface area contributed by atoms with Crippen molar-refractivity contribution in [3.05, 3.63) is 76.8 Å². The van der Waals surface area contributed by atoms with Crippen molar-refractivity contribution in [3.63, 3.8) is 0 Å². The van der Waals surface area contributed by atoms with Gasteiger partial charge in [-0.25, -0.2) is 4.79 Å². The molecule has 1 aromatic heterocycles. The monoisotopic (exact) mass is 501 g/mol. The van der Waals surface area contributed by atoms with Gasteiger partial charge in [-0.05, 0) is 58.8 Å². The minimum absolute atomic E-state index is 0.105. The summed E-state index contributed by atoms with van der Waals surface area (Å²) in [7, 11) is 0. The van der Waals surface area contributed by atoms with Crippen LogP contribution in [0.1, 0.15) is 15.9 Å². The maximum absolute atomic E-state index is 13.1. The van der Waals surface area contributed by atoms with Crippen LogP contribution >= 0.6 is 11.6 Å². The van der Waals surface area contributed by atoms with E-state index in [1.165, 1.54) is 6.07 Å². The number of nitrogens with one attached hydrogen (secondary N) is 3. The largest absolute Gasteiger partial charge is 0.417 e. The van der Waals surface area contributed by atoms with Crippen LogP contribution in [-0.2, 0) is 6.18 Å². The van der Waals surface area contributed by atoms with Gasteiger partial charge in [-0.1, -0.05) is 29.8 Å². The van der Waals surface area contributed by atoms with Crippen molar-refractivity contribution in [2.24, 2.45) is 5.73 Å². The lowest BCUT2D eigenvalue weighted by Gasteiger charge is -2.14. The molecule has 0 aliphatic carbocycles. The van der Waals surface area contributed by atoms with Gasteiger partial charge >= 0.3 is 12.2 Å². The number of primary amides is 1. The van der Waals surface area contributed by atoms with Crippen LogP contribution in [0.5, 0.6) is 0 Å². The van der Waals surface area contributed by atoms with Gasteiger partial charge in [-0.3, -0.25) is 4.79 Å². The SMILES string of the molecule is NC(=O)c1ccc(-c2ccc(NC(=O)Nc3ccc(Cl)c(C(F)(F)F)c3)c(-c3nn[nH]n3)c2)cc1. The number of amides is 3. The molecule has 0 saturated carbocycles. The van der Waals surface area contributed by atoms with Gasteiger partial charge in [0, 0.05) is 16.8 Å². The molecule has 0 fully saturated rings. The smallest absolute Gasteiger partial charge is 0.366 e. The number of aromatic amines is 1. The number of halogens is 4. The summed E-state index contributed by atoms with van der Waals surface area (Å²) in [5.41, 5.74) is 6.55. The van der Waals surface area contributed by atoms with Crippen LogP contribution in [-0.4, -0.2) is 32.6 Å². The van der Waals surface area contributed by atoms with Crippen molar-refractivity contribution < 1.29 is 22.8 Å². The van der Waals surface area contributed by atoms with Gasteiger partial charge in [0.25, 0.3) is 0 Å². The molecule has 0 unspecified atom stereocenters. The van der Waals surface area contributed by atoms with E-state index in [2.05, 4.69) is 31.3 Å². The van der Waals surface area contributed by atoms with Crippen LogP contribution in [0.15, 0.2) is 60.7 Å². The van der Waals surface area contributed by atoms with E-state index in [4.69, 9.17) is 17.3 Å². The molecule has 0 bridgehead atoms. The number of anilines is 2. The zero-order valence-electron chi connectivity index (χ0n) is 17.5. The number of nitrogens with two attached hydrogens (primary N) is 1. The normalized spacial score (nSPS) is 11.2. The van der Waals surface area contributed by atoms with Crippen molar-refractivity contribution in [2.45, 2.75) is 6.18 Å². The molecule has 0 radical (unpaired) electrons. The number of rotatable bonds is 5. The maximum Gasteiger partial charge on any atom is 0.417 e. The quantitative estimate of drug-likeness (QED) is 0.306. The number of H-pyrrole nitrogens is 1. The number of tetrazole rings is 1. The summed E-state index contributed by atoms with van der Waals surface area (Å²) in [6.07, 6.45) is -4.68. The Kier molecular flexibility index (Phi) is 6.38. The first kappa shape index (κ1) is 23.7. The molecule has 0 spiro atoms. The van der Waals surface area contributed by atoms with Gasteiger partial charge in [-0.15, -0.1) is 10.2 Å². The molecule has 4 rings (SSSR count). The highest BCUT2D eigenvalue weighted by Crippen LogP contribution is 2.36. The second-order valence-corrected chi connectivity index (χ2v) is 7.62. The van der Waals surface area contributed by atoms with E-state index in [9.17, 15) is 22.8 Å².